The van der Waals surface area contributed by atoms with Crippen LogP contribution in [-0.2, 0) is 0 Å². The summed E-state index contributed by atoms with van der Waals surface area (Å²) in [6, 6.07) is 5.21. The third-order valence-electron chi connectivity index (χ3n) is 2.57. The summed E-state index contributed by atoms with van der Waals surface area (Å²) in [5.74, 6) is -0.786. The van der Waals surface area contributed by atoms with Crippen LogP contribution in [0.25, 0.3) is 0 Å². The Kier molecular flexibility index (Phi) is 4.83. The summed E-state index contributed by atoms with van der Waals surface area (Å²) in [6.07, 6.45) is 0.145. The van der Waals surface area contributed by atoms with Gasteiger partial charge in [0.15, 0.2) is 0 Å². The average Bonchev–Trinajstić information content (AvgIpc) is 2.38. The van der Waals surface area contributed by atoms with Crippen LogP contribution in [0.3, 0.4) is 0 Å². The second-order valence-corrected chi connectivity index (χ2v) is 3.75. The molecule has 0 aliphatic rings. The van der Waals surface area contributed by atoms with Crippen LogP contribution in [-0.4, -0.2) is 33.9 Å². The van der Waals surface area contributed by atoms with E-state index in [4.69, 9.17) is 5.26 Å². The van der Waals surface area contributed by atoms with Gasteiger partial charge in [-0.25, -0.2) is 0 Å². The number of hydrogen-bond donors (Lipinski definition) is 1. The first-order valence-electron chi connectivity index (χ1n) is 5.64. The van der Waals surface area contributed by atoms with Crippen molar-refractivity contribution in [2.45, 2.75) is 13.3 Å². The number of amides is 1. The van der Waals surface area contributed by atoms with E-state index in [-0.39, 0.29) is 30.0 Å². The molecule has 0 aliphatic carbocycles. The second kappa shape index (κ2) is 6.35. The van der Waals surface area contributed by atoms with Gasteiger partial charge >= 0.3 is 0 Å². The Labute approximate surface area is 109 Å². The van der Waals surface area contributed by atoms with Crippen molar-refractivity contribution in [3.63, 3.8) is 0 Å². The first-order chi connectivity index (χ1) is 9.01. The van der Waals surface area contributed by atoms with Crippen molar-refractivity contribution >= 4 is 11.6 Å². The van der Waals surface area contributed by atoms with E-state index in [1.807, 2.05) is 6.07 Å². The lowest BCUT2D eigenvalue weighted by Gasteiger charge is -2.19. The summed E-state index contributed by atoms with van der Waals surface area (Å²) in [7, 11) is 0. The Balaban J connectivity index is 3.13. The zero-order chi connectivity index (χ0) is 14.4. The lowest BCUT2D eigenvalue weighted by Crippen LogP contribution is -2.32. The van der Waals surface area contributed by atoms with Gasteiger partial charge in [-0.2, -0.15) is 5.26 Å². The molecule has 0 saturated heterocycles. The summed E-state index contributed by atoms with van der Waals surface area (Å²) >= 11 is 0. The van der Waals surface area contributed by atoms with E-state index in [9.17, 15) is 20.0 Å². The molecule has 0 aromatic heterocycles. The minimum atomic E-state index is -0.676. The molecule has 0 heterocycles. The monoisotopic (exact) mass is 263 g/mol. The third kappa shape index (κ3) is 3.42. The number of phenols is 1. The molecule has 1 aromatic rings. The number of nitro benzene ring substituents is 1. The van der Waals surface area contributed by atoms with Crippen molar-refractivity contribution < 1.29 is 14.8 Å². The molecule has 0 unspecified atom stereocenters. The number of aromatic hydroxyl groups is 1. The molecule has 0 atom stereocenters. The van der Waals surface area contributed by atoms with Crippen molar-refractivity contribution in [3.05, 3.63) is 33.9 Å². The standard InChI is InChI=1S/C12H13N3O4/c1-2-14(7-3-6-13)12(17)10-8-9(16)4-5-11(10)15(18)19/h4-5,8,16H,2-3,7H2,1H3. The van der Waals surface area contributed by atoms with E-state index in [1.54, 1.807) is 6.92 Å². The Morgan fingerprint density at radius 2 is 2.26 bits per heavy atom. The summed E-state index contributed by atoms with van der Waals surface area (Å²) in [5.41, 5.74) is -0.539. The highest BCUT2D eigenvalue weighted by molar-refractivity contribution is 5.98. The smallest absolute Gasteiger partial charge is 0.282 e. The second-order valence-electron chi connectivity index (χ2n) is 3.75. The molecule has 0 radical (unpaired) electrons. The van der Waals surface area contributed by atoms with Gasteiger partial charge in [-0.3, -0.25) is 14.9 Å². The van der Waals surface area contributed by atoms with E-state index < -0.39 is 10.8 Å². The lowest BCUT2D eigenvalue weighted by molar-refractivity contribution is -0.385. The van der Waals surface area contributed by atoms with Gasteiger partial charge in [0.2, 0.25) is 0 Å². The van der Waals surface area contributed by atoms with Crippen LogP contribution in [0.2, 0.25) is 0 Å². The van der Waals surface area contributed by atoms with Crippen molar-refractivity contribution in [1.82, 2.24) is 4.90 Å². The predicted octanol–water partition coefficient (Wildman–Crippen LogP) is 1.68. The Bertz CT molecular complexity index is 536. The van der Waals surface area contributed by atoms with Gasteiger partial charge in [-0.15, -0.1) is 0 Å². The largest absolute Gasteiger partial charge is 0.508 e. The van der Waals surface area contributed by atoms with Crippen LogP contribution < -0.4 is 0 Å². The van der Waals surface area contributed by atoms with E-state index in [0.717, 1.165) is 18.2 Å². The summed E-state index contributed by atoms with van der Waals surface area (Å²) in [4.78, 5) is 23.7. The topological polar surface area (TPSA) is 107 Å². The highest BCUT2D eigenvalue weighted by Crippen LogP contribution is 2.24. The van der Waals surface area contributed by atoms with Crippen molar-refractivity contribution in [3.8, 4) is 11.8 Å². The Hall–Kier alpha value is -2.62. The lowest BCUT2D eigenvalue weighted by atomic mass is 10.1. The highest BCUT2D eigenvalue weighted by Gasteiger charge is 2.24. The van der Waals surface area contributed by atoms with Gasteiger partial charge in [0, 0.05) is 19.2 Å². The van der Waals surface area contributed by atoms with E-state index >= 15 is 0 Å². The number of rotatable bonds is 5. The molecular weight excluding hydrogens is 250 g/mol. The molecule has 0 fully saturated rings. The zero-order valence-electron chi connectivity index (χ0n) is 10.4. The number of benzene rings is 1. The van der Waals surface area contributed by atoms with Crippen LogP contribution >= 0.6 is 0 Å². The zero-order valence-corrected chi connectivity index (χ0v) is 10.4. The van der Waals surface area contributed by atoms with E-state index in [2.05, 4.69) is 0 Å². The molecule has 7 heteroatoms. The van der Waals surface area contributed by atoms with Gasteiger partial charge in [-0.1, -0.05) is 0 Å². The summed E-state index contributed by atoms with van der Waals surface area (Å²) in [6.45, 7) is 2.23. The molecule has 7 nitrogen and oxygen atoms in total. The molecule has 0 spiro atoms. The number of nitro groups is 1. The van der Waals surface area contributed by atoms with Gasteiger partial charge in [0.05, 0.1) is 17.4 Å². The van der Waals surface area contributed by atoms with Crippen LogP contribution in [0.4, 0.5) is 5.69 Å². The maximum atomic E-state index is 12.2. The molecule has 0 aliphatic heterocycles. The molecule has 1 aromatic carbocycles. The maximum absolute atomic E-state index is 12.2. The first-order valence-corrected chi connectivity index (χ1v) is 5.64. The fourth-order valence-corrected chi connectivity index (χ4v) is 1.61. The molecule has 19 heavy (non-hydrogen) atoms. The first kappa shape index (κ1) is 14.4. The average molecular weight is 263 g/mol. The number of nitrogens with zero attached hydrogens (tertiary/aromatic N) is 3. The Morgan fingerprint density at radius 1 is 1.58 bits per heavy atom. The fraction of sp³-hybridized carbons (Fsp3) is 0.333. The summed E-state index contributed by atoms with van der Waals surface area (Å²) < 4.78 is 0. The number of nitriles is 1. The normalized spacial score (nSPS) is 9.68. The molecule has 1 rings (SSSR count). The highest BCUT2D eigenvalue weighted by atomic mass is 16.6. The molecule has 100 valence electrons. The number of hydrogen-bond acceptors (Lipinski definition) is 5. The van der Waals surface area contributed by atoms with Crippen molar-refractivity contribution in [2.24, 2.45) is 0 Å². The third-order valence-corrected chi connectivity index (χ3v) is 2.57. The molecule has 0 bridgehead atoms. The van der Waals surface area contributed by atoms with Gasteiger partial charge in [0.1, 0.15) is 11.3 Å². The number of phenolic OH excluding ortho intramolecular Hbond substituents is 1. The Morgan fingerprint density at radius 3 is 2.79 bits per heavy atom. The van der Waals surface area contributed by atoms with Crippen LogP contribution in [0, 0.1) is 21.4 Å². The molecule has 1 amide bonds. The van der Waals surface area contributed by atoms with Crippen LogP contribution in [0.1, 0.15) is 23.7 Å². The molecule has 0 saturated carbocycles. The quantitative estimate of drug-likeness (QED) is 0.642. The van der Waals surface area contributed by atoms with Gasteiger partial charge in [-0.05, 0) is 19.1 Å². The number of carbonyl (C=O) groups excluding carboxylic acids is 1. The maximum Gasteiger partial charge on any atom is 0.282 e. The van der Waals surface area contributed by atoms with E-state index in [0.29, 0.717) is 6.54 Å². The van der Waals surface area contributed by atoms with E-state index in [1.165, 1.54) is 4.90 Å². The summed E-state index contributed by atoms with van der Waals surface area (Å²) in [5, 5.41) is 28.7. The minimum absolute atomic E-state index is 0.145. The van der Waals surface area contributed by atoms with Crippen LogP contribution in [0.5, 0.6) is 5.75 Å². The number of carbonyl (C=O) groups is 1. The van der Waals surface area contributed by atoms with Crippen molar-refractivity contribution in [1.29, 1.82) is 5.26 Å². The predicted molar refractivity (Wildman–Crippen MR) is 66.6 cm³/mol. The molecule has 1 N–H and O–H groups in total. The SMILES string of the molecule is CCN(CCC#N)C(=O)c1cc(O)ccc1[N+](=O)[O-]. The fourth-order valence-electron chi connectivity index (χ4n) is 1.61. The van der Waals surface area contributed by atoms with Crippen molar-refractivity contribution in [2.75, 3.05) is 13.1 Å². The molecular formula is C12H13N3O4. The van der Waals surface area contributed by atoms with Gasteiger partial charge in [0.25, 0.3) is 11.6 Å². The minimum Gasteiger partial charge on any atom is -0.508 e. The van der Waals surface area contributed by atoms with Crippen LogP contribution in [0.15, 0.2) is 18.2 Å². The van der Waals surface area contributed by atoms with Gasteiger partial charge < -0.3 is 10.0 Å².